The summed E-state index contributed by atoms with van der Waals surface area (Å²) < 4.78 is 5.21. The third-order valence-electron chi connectivity index (χ3n) is 4.93. The molecule has 1 atom stereocenters. The molecule has 1 N–H and O–H groups in total. The van der Waals surface area contributed by atoms with Gasteiger partial charge < -0.3 is 9.80 Å². The highest BCUT2D eigenvalue weighted by atomic mass is 32.2. The van der Waals surface area contributed by atoms with Crippen molar-refractivity contribution in [3.05, 3.63) is 34.0 Å². The van der Waals surface area contributed by atoms with Crippen LogP contribution in [0.25, 0.3) is 6.08 Å². The van der Waals surface area contributed by atoms with E-state index in [1.54, 1.807) is 0 Å². The van der Waals surface area contributed by atoms with Crippen LogP contribution in [0.1, 0.15) is 25.7 Å². The molecule has 0 aliphatic carbocycles. The van der Waals surface area contributed by atoms with Gasteiger partial charge in [-0.1, -0.05) is 37.1 Å². The van der Waals surface area contributed by atoms with Crippen LogP contribution >= 0.6 is 10.7 Å². The Balaban J connectivity index is 1.35. The molecule has 1 aromatic rings. The fourth-order valence-electron chi connectivity index (χ4n) is 3.39. The van der Waals surface area contributed by atoms with Crippen LogP contribution in [0.3, 0.4) is 0 Å². The quantitative estimate of drug-likeness (QED) is 0.610. The van der Waals surface area contributed by atoms with Gasteiger partial charge in [-0.25, -0.2) is 0 Å². The molecule has 2 aliphatic rings. The van der Waals surface area contributed by atoms with Crippen LogP contribution in [0.4, 0.5) is 0 Å². The van der Waals surface area contributed by atoms with E-state index in [2.05, 4.69) is 51.9 Å². The van der Waals surface area contributed by atoms with Gasteiger partial charge in [-0.2, -0.15) is 0 Å². The lowest BCUT2D eigenvalue weighted by atomic mass is 10.2. The Morgan fingerprint density at radius 2 is 1.78 bits per heavy atom. The first-order valence-corrected chi connectivity index (χ1v) is 10.5. The van der Waals surface area contributed by atoms with E-state index in [-0.39, 0.29) is 10.7 Å². The maximum atomic E-state index is 3.68. The van der Waals surface area contributed by atoms with E-state index in [0.717, 1.165) is 6.54 Å². The van der Waals surface area contributed by atoms with Gasteiger partial charge in [0.15, 0.2) is 0 Å². The van der Waals surface area contributed by atoms with Crippen LogP contribution in [-0.4, -0.2) is 61.9 Å². The van der Waals surface area contributed by atoms with Gasteiger partial charge in [0.2, 0.25) is 0 Å². The smallest absolute Gasteiger partial charge is 0.0244 e. The summed E-state index contributed by atoms with van der Waals surface area (Å²) in [6, 6.07) is 8.89. The van der Waals surface area contributed by atoms with Gasteiger partial charge in [0.05, 0.1) is 0 Å². The normalized spacial score (nSPS) is 22.6. The summed E-state index contributed by atoms with van der Waals surface area (Å²) in [4.78, 5) is 5.07. The van der Waals surface area contributed by atoms with E-state index in [4.69, 9.17) is 0 Å². The summed E-state index contributed by atoms with van der Waals surface area (Å²) in [7, 11) is 2.50. The van der Waals surface area contributed by atoms with Crippen LogP contribution in [-0.2, 0) is 0 Å². The molecule has 1 saturated heterocycles. The molecule has 1 fully saturated rings. The first-order valence-electron chi connectivity index (χ1n) is 9.10. The van der Waals surface area contributed by atoms with Gasteiger partial charge in [0.25, 0.3) is 0 Å². The molecule has 0 bridgehead atoms. The molecule has 0 spiro atoms. The number of hydrogen-bond acceptors (Lipinski definition) is 3. The predicted octanol–water partition coefficient (Wildman–Crippen LogP) is 2.31. The number of fused-ring (bicyclic) bond motifs is 1. The van der Waals surface area contributed by atoms with Gasteiger partial charge in [-0.05, 0) is 37.7 Å². The van der Waals surface area contributed by atoms with Crippen molar-refractivity contribution in [1.82, 2.24) is 14.5 Å². The second-order valence-electron chi connectivity index (χ2n) is 6.74. The van der Waals surface area contributed by atoms with E-state index in [1.807, 2.05) is 0 Å². The van der Waals surface area contributed by atoms with Crippen molar-refractivity contribution < 1.29 is 0 Å². The highest BCUT2D eigenvalue weighted by Gasteiger charge is 2.12. The Hall–Kier alpha value is -0.680. The van der Waals surface area contributed by atoms with Crippen molar-refractivity contribution in [2.24, 2.45) is 0 Å². The molecule has 0 saturated carbocycles. The van der Waals surface area contributed by atoms with Crippen LogP contribution in [0.15, 0.2) is 24.3 Å². The molecule has 1 aromatic carbocycles. The van der Waals surface area contributed by atoms with Crippen LogP contribution in [0.2, 0.25) is 0 Å². The van der Waals surface area contributed by atoms with Gasteiger partial charge in [-0.15, -0.1) is 10.7 Å². The van der Waals surface area contributed by atoms with Crippen molar-refractivity contribution in [2.75, 3.05) is 52.1 Å². The van der Waals surface area contributed by atoms with Crippen molar-refractivity contribution >= 4 is 16.7 Å². The summed E-state index contributed by atoms with van der Waals surface area (Å²) >= 11 is 0. The summed E-state index contributed by atoms with van der Waals surface area (Å²) in [5.41, 5.74) is 0. The summed E-state index contributed by atoms with van der Waals surface area (Å²) in [5, 5.41) is 1.45. The summed E-state index contributed by atoms with van der Waals surface area (Å²) in [5.74, 6) is 1.30. The minimum Gasteiger partial charge on any atom is -0.304 e. The van der Waals surface area contributed by atoms with Crippen molar-refractivity contribution in [3.63, 3.8) is 0 Å². The Bertz CT molecular complexity index is 605. The topological polar surface area (TPSA) is 18.5 Å². The number of rotatable bonds is 7. The zero-order valence-electron chi connectivity index (χ0n) is 14.5. The lowest BCUT2D eigenvalue weighted by Crippen LogP contribution is -2.44. The molecule has 3 nitrogen and oxygen atoms in total. The SMILES string of the molecule is CN1CCN(CCCCCCS2=c3ccccc3=CCN2)CC1. The second kappa shape index (κ2) is 8.97. The molecular weight excluding hydrogens is 302 g/mol. The highest BCUT2D eigenvalue weighted by Crippen LogP contribution is 2.17. The van der Waals surface area contributed by atoms with Crippen molar-refractivity contribution in [2.45, 2.75) is 25.7 Å². The van der Waals surface area contributed by atoms with Gasteiger partial charge >= 0.3 is 0 Å². The standard InChI is InChI=1S/C19H31N3S/c1-21-13-15-22(16-14-21)12-6-2-3-7-17-23-19-9-5-4-8-18(19)10-11-20-23/h4-5,8-10,20H,2-3,6-7,11-17H2,1H3. The lowest BCUT2D eigenvalue weighted by Gasteiger charge is -2.32. The Morgan fingerprint density at radius 3 is 2.65 bits per heavy atom. The first-order chi connectivity index (χ1) is 11.3. The van der Waals surface area contributed by atoms with E-state index in [9.17, 15) is 0 Å². The fourth-order valence-corrected chi connectivity index (χ4v) is 5.37. The van der Waals surface area contributed by atoms with Gasteiger partial charge in [0, 0.05) is 43.0 Å². The number of nitrogens with one attached hydrogen (secondary N) is 1. The molecule has 0 aromatic heterocycles. The maximum Gasteiger partial charge on any atom is 0.0244 e. The number of piperazine rings is 1. The average molecular weight is 334 g/mol. The molecule has 0 radical (unpaired) electrons. The largest absolute Gasteiger partial charge is 0.304 e. The molecular formula is C19H31N3S. The zero-order chi connectivity index (χ0) is 15.9. The second-order valence-corrected chi connectivity index (χ2v) is 8.66. The average Bonchev–Trinajstić information content (AvgIpc) is 2.59. The first kappa shape index (κ1) is 17.2. The number of unbranched alkanes of at least 4 members (excludes halogenated alkanes) is 3. The van der Waals surface area contributed by atoms with Crippen LogP contribution < -0.4 is 9.94 Å². The number of nitrogens with zero attached hydrogens (tertiary/aromatic N) is 2. The van der Waals surface area contributed by atoms with Crippen molar-refractivity contribution in [3.8, 4) is 0 Å². The maximum absolute atomic E-state index is 3.68. The molecule has 2 aliphatic heterocycles. The highest BCUT2D eigenvalue weighted by molar-refractivity contribution is 8.07. The molecule has 4 heteroatoms. The van der Waals surface area contributed by atoms with E-state index in [0.29, 0.717) is 0 Å². The molecule has 128 valence electrons. The lowest BCUT2D eigenvalue weighted by molar-refractivity contribution is 0.152. The predicted molar refractivity (Wildman–Crippen MR) is 102 cm³/mol. The van der Waals surface area contributed by atoms with E-state index in [1.165, 1.54) is 73.9 Å². The van der Waals surface area contributed by atoms with Gasteiger partial charge in [0.1, 0.15) is 0 Å². The monoisotopic (exact) mass is 333 g/mol. The Morgan fingerprint density at radius 1 is 1.00 bits per heavy atom. The summed E-state index contributed by atoms with van der Waals surface area (Å²) in [6.45, 7) is 7.34. The number of benzene rings is 1. The number of hydrogen-bond donors (Lipinski definition) is 1. The Kier molecular flexibility index (Phi) is 6.69. The minimum absolute atomic E-state index is 0.269. The summed E-state index contributed by atoms with van der Waals surface area (Å²) in [6.07, 6.45) is 7.81. The third kappa shape index (κ3) is 5.15. The van der Waals surface area contributed by atoms with Gasteiger partial charge in [-0.3, -0.25) is 4.72 Å². The van der Waals surface area contributed by atoms with Crippen LogP contribution in [0.5, 0.6) is 0 Å². The van der Waals surface area contributed by atoms with E-state index < -0.39 is 0 Å². The minimum atomic E-state index is 0.269. The zero-order valence-corrected chi connectivity index (χ0v) is 15.3. The van der Waals surface area contributed by atoms with Crippen LogP contribution in [0, 0.1) is 4.51 Å². The fraction of sp³-hybridized carbons (Fsp3) is 0.632. The molecule has 0 amide bonds. The Labute approximate surface area is 143 Å². The molecule has 2 heterocycles. The number of likely N-dealkylation sites (N-methyl/N-ethyl adjacent to an activating group) is 1. The molecule has 3 rings (SSSR count). The molecule has 1 unspecified atom stereocenters. The van der Waals surface area contributed by atoms with Crippen molar-refractivity contribution in [1.29, 1.82) is 0 Å². The van der Waals surface area contributed by atoms with E-state index >= 15 is 0 Å². The third-order valence-corrected chi connectivity index (χ3v) is 7.05. The molecule has 23 heavy (non-hydrogen) atoms.